The Bertz CT molecular complexity index is 454. The maximum Gasteiger partial charge on any atom is 0.0684 e. The van der Waals surface area contributed by atoms with Gasteiger partial charge in [-0.05, 0) is 86.7 Å². The van der Waals surface area contributed by atoms with Crippen molar-refractivity contribution in [3.05, 3.63) is 21.9 Å². The summed E-state index contributed by atoms with van der Waals surface area (Å²) in [6, 6.07) is 4.55. The van der Waals surface area contributed by atoms with Crippen LogP contribution in [0.2, 0.25) is 0 Å². The molecule has 0 radical (unpaired) electrons. The van der Waals surface area contributed by atoms with Crippen LogP contribution in [0, 0.1) is 23.2 Å². The topological polar surface area (TPSA) is 0 Å². The van der Waals surface area contributed by atoms with Crippen molar-refractivity contribution < 1.29 is 0 Å². The van der Waals surface area contributed by atoms with E-state index in [0.717, 1.165) is 24.2 Å². The zero-order chi connectivity index (χ0) is 13.7. The molecule has 0 N–H and O–H groups in total. The third-order valence-corrected chi connectivity index (χ3v) is 7.98. The molecule has 0 saturated heterocycles. The lowest BCUT2D eigenvalue weighted by Crippen LogP contribution is -2.46. The molecule has 2 heteroatoms. The van der Waals surface area contributed by atoms with Crippen LogP contribution < -0.4 is 0 Å². The van der Waals surface area contributed by atoms with Crippen molar-refractivity contribution in [3.8, 4) is 0 Å². The first kappa shape index (κ1) is 13.6. The second-order valence-electron chi connectivity index (χ2n) is 7.75. The van der Waals surface area contributed by atoms with E-state index in [2.05, 4.69) is 19.1 Å². The third kappa shape index (κ3) is 2.35. The van der Waals surface area contributed by atoms with Crippen LogP contribution in [0.4, 0.5) is 0 Å². The number of halogens is 1. The highest BCUT2D eigenvalue weighted by Crippen LogP contribution is 2.63. The largest absolute Gasteiger partial charge is 0.144 e. The van der Waals surface area contributed by atoms with Crippen LogP contribution in [-0.4, -0.2) is 0 Å². The molecule has 1 atom stereocenters. The number of thiophene rings is 1. The maximum absolute atomic E-state index is 6.82. The van der Waals surface area contributed by atoms with Crippen LogP contribution >= 0.6 is 22.9 Å². The normalized spacial score (nSPS) is 40.2. The second-order valence-corrected chi connectivity index (χ2v) is 9.47. The predicted molar refractivity (Wildman–Crippen MR) is 87.5 cm³/mol. The number of rotatable bonds is 4. The van der Waals surface area contributed by atoms with Gasteiger partial charge in [0.15, 0.2) is 0 Å². The zero-order valence-corrected chi connectivity index (χ0v) is 14.0. The molecule has 5 rings (SSSR count). The molecular weight excluding hydrogens is 284 g/mol. The molecular formula is C18H25ClS. The Balaban J connectivity index is 1.50. The monoisotopic (exact) mass is 308 g/mol. The summed E-state index contributed by atoms with van der Waals surface area (Å²) in [5.41, 5.74) is 0.609. The molecule has 0 nitrogen and oxygen atoms in total. The van der Waals surface area contributed by atoms with E-state index < -0.39 is 0 Å². The van der Waals surface area contributed by atoms with E-state index in [0.29, 0.717) is 5.41 Å². The van der Waals surface area contributed by atoms with E-state index in [1.807, 2.05) is 11.3 Å². The second kappa shape index (κ2) is 5.02. The first-order chi connectivity index (χ1) is 9.66. The molecule has 0 spiro atoms. The van der Waals surface area contributed by atoms with Gasteiger partial charge in [0.05, 0.1) is 5.38 Å². The van der Waals surface area contributed by atoms with Gasteiger partial charge in [-0.1, -0.05) is 6.92 Å². The molecule has 4 bridgehead atoms. The smallest absolute Gasteiger partial charge is 0.0684 e. The van der Waals surface area contributed by atoms with Gasteiger partial charge in [0.2, 0.25) is 0 Å². The van der Waals surface area contributed by atoms with Gasteiger partial charge in [0.25, 0.3) is 0 Å². The third-order valence-electron chi connectivity index (χ3n) is 6.12. The Kier molecular flexibility index (Phi) is 3.42. The molecule has 110 valence electrons. The summed E-state index contributed by atoms with van der Waals surface area (Å²) in [5.74, 6) is 3.12. The zero-order valence-electron chi connectivity index (χ0n) is 12.4. The van der Waals surface area contributed by atoms with Crippen LogP contribution in [0.5, 0.6) is 0 Å². The van der Waals surface area contributed by atoms with Crippen molar-refractivity contribution >= 4 is 22.9 Å². The van der Waals surface area contributed by atoms with Gasteiger partial charge < -0.3 is 0 Å². The molecule has 4 fully saturated rings. The molecule has 1 heterocycles. The van der Waals surface area contributed by atoms with Gasteiger partial charge >= 0.3 is 0 Å². The van der Waals surface area contributed by atoms with Crippen LogP contribution in [0.25, 0.3) is 0 Å². The lowest BCUT2D eigenvalue weighted by Gasteiger charge is -2.57. The van der Waals surface area contributed by atoms with Crippen LogP contribution in [-0.2, 0) is 6.42 Å². The van der Waals surface area contributed by atoms with Gasteiger partial charge in [-0.15, -0.1) is 22.9 Å². The van der Waals surface area contributed by atoms with Gasteiger partial charge in [0.1, 0.15) is 0 Å². The number of hydrogen-bond acceptors (Lipinski definition) is 1. The van der Waals surface area contributed by atoms with Gasteiger partial charge in [-0.3, -0.25) is 0 Å². The van der Waals surface area contributed by atoms with Crippen LogP contribution in [0.3, 0.4) is 0 Å². The van der Waals surface area contributed by atoms with Gasteiger partial charge in [-0.2, -0.15) is 0 Å². The maximum atomic E-state index is 6.82. The summed E-state index contributed by atoms with van der Waals surface area (Å²) in [6.07, 6.45) is 11.4. The number of aryl methyl sites for hydroxylation is 1. The Labute approximate surface area is 131 Å². The molecule has 4 aliphatic rings. The van der Waals surface area contributed by atoms with E-state index in [1.54, 1.807) is 0 Å². The average Bonchev–Trinajstić information content (AvgIpc) is 2.85. The minimum absolute atomic E-state index is 0.261. The molecule has 1 aromatic rings. The number of alkyl halides is 1. The van der Waals surface area contributed by atoms with E-state index >= 15 is 0 Å². The molecule has 4 aliphatic carbocycles. The lowest BCUT2D eigenvalue weighted by atomic mass is 9.48. The fraction of sp³-hybridized carbons (Fsp3) is 0.778. The summed E-state index contributed by atoms with van der Waals surface area (Å²) in [5, 5.41) is 0.261. The highest BCUT2D eigenvalue weighted by atomic mass is 35.5. The molecule has 0 amide bonds. The van der Waals surface area contributed by atoms with Crippen molar-refractivity contribution in [2.24, 2.45) is 23.2 Å². The summed E-state index contributed by atoms with van der Waals surface area (Å²) in [4.78, 5) is 2.90. The molecule has 20 heavy (non-hydrogen) atoms. The highest BCUT2D eigenvalue weighted by molar-refractivity contribution is 7.12. The fourth-order valence-electron chi connectivity index (χ4n) is 5.77. The summed E-state index contributed by atoms with van der Waals surface area (Å²) < 4.78 is 0. The van der Waals surface area contributed by atoms with E-state index in [4.69, 9.17) is 11.6 Å². The molecule has 1 aromatic heterocycles. The van der Waals surface area contributed by atoms with E-state index in [9.17, 15) is 0 Å². The van der Waals surface area contributed by atoms with Gasteiger partial charge in [0, 0.05) is 9.75 Å². The van der Waals surface area contributed by atoms with E-state index in [1.165, 1.54) is 54.7 Å². The average molecular weight is 309 g/mol. The Morgan fingerprint density at radius 1 is 1.15 bits per heavy atom. The number of hydrogen-bond donors (Lipinski definition) is 0. The van der Waals surface area contributed by atoms with Crippen molar-refractivity contribution in [2.75, 3.05) is 0 Å². The van der Waals surface area contributed by atoms with Crippen molar-refractivity contribution in [2.45, 2.75) is 63.7 Å². The Morgan fingerprint density at radius 3 is 2.25 bits per heavy atom. The minimum atomic E-state index is 0.261. The quantitative estimate of drug-likeness (QED) is 0.581. The standard InChI is InChI=1S/C18H25ClS/c1-2-15-3-4-17(20-15)16(19)11-18-8-12-5-13(9-18)7-14(6-12)10-18/h3-4,12-14,16H,2,5-11H2,1H3. The first-order valence-corrected chi connectivity index (χ1v) is 9.64. The van der Waals surface area contributed by atoms with Crippen molar-refractivity contribution in [1.29, 1.82) is 0 Å². The summed E-state index contributed by atoms with van der Waals surface area (Å²) in [6.45, 7) is 2.23. The summed E-state index contributed by atoms with van der Waals surface area (Å²) >= 11 is 8.76. The molecule has 0 aliphatic heterocycles. The van der Waals surface area contributed by atoms with Crippen LogP contribution in [0.1, 0.15) is 67.0 Å². The predicted octanol–water partition coefficient (Wildman–Crippen LogP) is 6.20. The summed E-state index contributed by atoms with van der Waals surface area (Å²) in [7, 11) is 0. The van der Waals surface area contributed by atoms with Crippen LogP contribution in [0.15, 0.2) is 12.1 Å². The fourth-order valence-corrected chi connectivity index (χ4v) is 7.24. The molecule has 0 aromatic carbocycles. The Morgan fingerprint density at radius 2 is 1.75 bits per heavy atom. The highest BCUT2D eigenvalue weighted by Gasteiger charge is 2.51. The van der Waals surface area contributed by atoms with Crippen molar-refractivity contribution in [3.63, 3.8) is 0 Å². The van der Waals surface area contributed by atoms with E-state index in [-0.39, 0.29) is 5.38 Å². The SMILES string of the molecule is CCc1ccc(C(Cl)CC23CC4CC(CC(C4)C2)C3)s1. The molecule has 4 saturated carbocycles. The first-order valence-electron chi connectivity index (χ1n) is 8.38. The minimum Gasteiger partial charge on any atom is -0.144 e. The van der Waals surface area contributed by atoms with Gasteiger partial charge in [-0.25, -0.2) is 0 Å². The molecule has 1 unspecified atom stereocenters. The van der Waals surface area contributed by atoms with Crippen molar-refractivity contribution in [1.82, 2.24) is 0 Å². The Hall–Kier alpha value is -0.0100. The lowest BCUT2D eigenvalue weighted by molar-refractivity contribution is -0.0575.